The Morgan fingerprint density at radius 1 is 1.35 bits per heavy atom. The van der Waals surface area contributed by atoms with Crippen LogP contribution in [0.25, 0.3) is 0 Å². The number of amides is 1. The number of rotatable bonds is 2. The van der Waals surface area contributed by atoms with E-state index >= 15 is 0 Å². The molecule has 2 fully saturated rings. The van der Waals surface area contributed by atoms with Gasteiger partial charge in [-0.15, -0.1) is 11.3 Å². The van der Waals surface area contributed by atoms with Crippen LogP contribution in [0.3, 0.4) is 0 Å². The lowest BCUT2D eigenvalue weighted by Gasteiger charge is -2.29. The Hall–Kier alpha value is -0.870. The Morgan fingerprint density at radius 3 is 2.65 bits per heavy atom. The molecular formula is C13H18N2OS. The maximum atomic E-state index is 12.0. The maximum absolute atomic E-state index is 12.0. The van der Waals surface area contributed by atoms with Gasteiger partial charge in [-0.05, 0) is 44.7 Å². The van der Waals surface area contributed by atoms with Crippen molar-refractivity contribution in [1.29, 1.82) is 0 Å². The van der Waals surface area contributed by atoms with Crippen molar-refractivity contribution >= 4 is 17.2 Å². The van der Waals surface area contributed by atoms with Crippen molar-refractivity contribution in [3.05, 3.63) is 21.9 Å². The molecule has 1 aromatic rings. The molecule has 0 aromatic carbocycles. The Morgan fingerprint density at radius 2 is 2.06 bits per heavy atom. The number of carbonyl (C=O) groups is 1. The summed E-state index contributed by atoms with van der Waals surface area (Å²) in [5.74, 6) is 0.106. The molecule has 0 spiro atoms. The van der Waals surface area contributed by atoms with E-state index in [1.54, 1.807) is 11.3 Å². The van der Waals surface area contributed by atoms with Crippen LogP contribution in [0.1, 0.15) is 40.2 Å². The van der Waals surface area contributed by atoms with E-state index in [9.17, 15) is 4.79 Å². The van der Waals surface area contributed by atoms with Crippen LogP contribution in [0, 0.1) is 6.92 Å². The third-order valence-electron chi connectivity index (χ3n) is 3.77. The van der Waals surface area contributed by atoms with Crippen molar-refractivity contribution in [3.8, 4) is 0 Å². The Bertz CT molecular complexity index is 417. The number of carbonyl (C=O) groups excluding carboxylic acids is 1. The zero-order chi connectivity index (χ0) is 11.8. The van der Waals surface area contributed by atoms with Crippen molar-refractivity contribution in [1.82, 2.24) is 10.6 Å². The van der Waals surface area contributed by atoms with Gasteiger partial charge < -0.3 is 10.6 Å². The number of nitrogens with one attached hydrogen (secondary N) is 2. The van der Waals surface area contributed by atoms with Gasteiger partial charge in [0, 0.05) is 23.0 Å². The molecule has 92 valence electrons. The lowest BCUT2D eigenvalue weighted by atomic mass is 10.00. The fourth-order valence-corrected chi connectivity index (χ4v) is 3.76. The Balaban J connectivity index is 1.62. The zero-order valence-corrected chi connectivity index (χ0v) is 10.8. The van der Waals surface area contributed by atoms with Gasteiger partial charge in [-0.3, -0.25) is 4.79 Å². The van der Waals surface area contributed by atoms with Crippen molar-refractivity contribution in [3.63, 3.8) is 0 Å². The molecule has 2 atom stereocenters. The lowest BCUT2D eigenvalue weighted by molar-refractivity contribution is 0.0928. The average Bonchev–Trinajstić information content (AvgIpc) is 2.85. The third kappa shape index (κ3) is 2.38. The molecule has 17 heavy (non-hydrogen) atoms. The van der Waals surface area contributed by atoms with Crippen molar-refractivity contribution in [2.45, 2.75) is 50.7 Å². The first-order valence-corrected chi connectivity index (χ1v) is 7.16. The van der Waals surface area contributed by atoms with E-state index in [0.29, 0.717) is 18.1 Å². The summed E-state index contributed by atoms with van der Waals surface area (Å²) in [6, 6.07) is 5.55. The van der Waals surface area contributed by atoms with Crippen molar-refractivity contribution in [2.75, 3.05) is 0 Å². The number of fused-ring (bicyclic) bond motifs is 2. The molecule has 3 rings (SSSR count). The highest BCUT2D eigenvalue weighted by atomic mass is 32.1. The van der Waals surface area contributed by atoms with Crippen LogP contribution in [0.5, 0.6) is 0 Å². The van der Waals surface area contributed by atoms with E-state index in [4.69, 9.17) is 0 Å². The van der Waals surface area contributed by atoms with Crippen LogP contribution in [0.15, 0.2) is 12.1 Å². The summed E-state index contributed by atoms with van der Waals surface area (Å²) in [7, 11) is 0. The highest BCUT2D eigenvalue weighted by Gasteiger charge is 2.34. The van der Waals surface area contributed by atoms with Gasteiger partial charge in [0.2, 0.25) is 0 Å². The second-order valence-electron chi connectivity index (χ2n) is 5.19. The molecule has 0 radical (unpaired) electrons. The minimum absolute atomic E-state index is 0.106. The van der Waals surface area contributed by atoms with Crippen molar-refractivity contribution in [2.24, 2.45) is 0 Å². The van der Waals surface area contributed by atoms with Crippen LogP contribution >= 0.6 is 11.3 Å². The average molecular weight is 250 g/mol. The fourth-order valence-electron chi connectivity index (χ4n) is 2.99. The van der Waals surface area contributed by atoms with Crippen LogP contribution in [-0.2, 0) is 0 Å². The number of hydrogen-bond acceptors (Lipinski definition) is 3. The second-order valence-corrected chi connectivity index (χ2v) is 6.48. The van der Waals surface area contributed by atoms with Crippen LogP contribution < -0.4 is 10.6 Å². The minimum atomic E-state index is 0.106. The monoisotopic (exact) mass is 250 g/mol. The maximum Gasteiger partial charge on any atom is 0.261 e. The van der Waals surface area contributed by atoms with Crippen LogP contribution in [0.4, 0.5) is 0 Å². The van der Waals surface area contributed by atoms with E-state index in [2.05, 4.69) is 10.6 Å². The summed E-state index contributed by atoms with van der Waals surface area (Å²) < 4.78 is 0. The summed E-state index contributed by atoms with van der Waals surface area (Å²) in [5, 5.41) is 6.77. The van der Waals surface area contributed by atoms with Crippen LogP contribution in [0.2, 0.25) is 0 Å². The summed E-state index contributed by atoms with van der Waals surface area (Å²) in [4.78, 5) is 14.1. The zero-order valence-electron chi connectivity index (χ0n) is 10.0. The first-order valence-electron chi connectivity index (χ1n) is 6.34. The Kier molecular flexibility index (Phi) is 2.92. The number of thiophene rings is 1. The summed E-state index contributed by atoms with van der Waals surface area (Å²) in [6.45, 7) is 2.03. The molecule has 2 unspecified atom stereocenters. The normalized spacial score (nSPS) is 31.5. The molecule has 2 saturated heterocycles. The molecule has 2 aliphatic rings. The molecule has 4 heteroatoms. The molecule has 2 N–H and O–H groups in total. The molecule has 2 aliphatic heterocycles. The molecule has 1 aromatic heterocycles. The van der Waals surface area contributed by atoms with Gasteiger partial charge in [0.05, 0.1) is 4.88 Å². The lowest BCUT2D eigenvalue weighted by Crippen LogP contribution is -2.47. The summed E-state index contributed by atoms with van der Waals surface area (Å²) >= 11 is 1.57. The number of piperidine rings is 1. The standard InChI is InChI=1S/C13H18N2OS/c1-8-2-5-12(17-8)13(16)15-11-6-9-3-4-10(7-11)14-9/h2,5,9-11,14H,3-4,6-7H2,1H3,(H,15,16). The smallest absolute Gasteiger partial charge is 0.261 e. The topological polar surface area (TPSA) is 41.1 Å². The predicted octanol–water partition coefficient (Wildman–Crippen LogP) is 2.07. The number of aryl methyl sites for hydroxylation is 1. The first kappa shape index (κ1) is 11.2. The summed E-state index contributed by atoms with van der Waals surface area (Å²) in [5.41, 5.74) is 0. The SMILES string of the molecule is Cc1ccc(C(=O)NC2CC3CCC(C2)N3)s1. The molecular weight excluding hydrogens is 232 g/mol. The highest BCUT2D eigenvalue weighted by Crippen LogP contribution is 2.27. The molecule has 3 heterocycles. The quantitative estimate of drug-likeness (QED) is 0.843. The van der Waals surface area contributed by atoms with Gasteiger partial charge in [0.1, 0.15) is 0 Å². The van der Waals surface area contributed by atoms with Gasteiger partial charge in [-0.1, -0.05) is 0 Å². The van der Waals surface area contributed by atoms with E-state index in [-0.39, 0.29) is 5.91 Å². The van der Waals surface area contributed by atoms with E-state index in [0.717, 1.165) is 17.7 Å². The Labute approximate surface area is 106 Å². The molecule has 3 nitrogen and oxygen atoms in total. The predicted molar refractivity (Wildman–Crippen MR) is 69.5 cm³/mol. The van der Waals surface area contributed by atoms with E-state index in [1.165, 1.54) is 17.7 Å². The van der Waals surface area contributed by atoms with Gasteiger partial charge >= 0.3 is 0 Å². The van der Waals surface area contributed by atoms with Gasteiger partial charge in [-0.2, -0.15) is 0 Å². The highest BCUT2D eigenvalue weighted by molar-refractivity contribution is 7.13. The molecule has 0 aliphatic carbocycles. The van der Waals surface area contributed by atoms with Crippen molar-refractivity contribution < 1.29 is 4.79 Å². The van der Waals surface area contributed by atoms with Gasteiger partial charge in [0.25, 0.3) is 5.91 Å². The van der Waals surface area contributed by atoms with Crippen LogP contribution in [-0.4, -0.2) is 24.0 Å². The van der Waals surface area contributed by atoms with Gasteiger partial charge in [-0.25, -0.2) is 0 Å². The second kappa shape index (κ2) is 4.42. The fraction of sp³-hybridized carbons (Fsp3) is 0.615. The molecule has 2 bridgehead atoms. The molecule has 0 saturated carbocycles. The van der Waals surface area contributed by atoms with E-state index < -0.39 is 0 Å². The van der Waals surface area contributed by atoms with E-state index in [1.807, 2.05) is 19.1 Å². The number of hydrogen-bond donors (Lipinski definition) is 2. The largest absolute Gasteiger partial charge is 0.348 e. The molecule has 1 amide bonds. The first-order chi connectivity index (χ1) is 8.20. The van der Waals surface area contributed by atoms with Gasteiger partial charge in [0.15, 0.2) is 0 Å². The third-order valence-corrected chi connectivity index (χ3v) is 4.77. The summed E-state index contributed by atoms with van der Waals surface area (Å²) in [6.07, 6.45) is 4.73. The minimum Gasteiger partial charge on any atom is -0.348 e.